The number of benzene rings is 2. The first kappa shape index (κ1) is 14.1. The van der Waals surface area contributed by atoms with Crippen LogP contribution in [0.1, 0.15) is 24.1 Å². The third-order valence-electron chi connectivity index (χ3n) is 3.62. The van der Waals surface area contributed by atoms with Crippen LogP contribution < -0.4 is 5.32 Å². The van der Waals surface area contributed by atoms with Gasteiger partial charge in [0.15, 0.2) is 0 Å². The van der Waals surface area contributed by atoms with Gasteiger partial charge in [0.2, 0.25) is 0 Å². The summed E-state index contributed by atoms with van der Waals surface area (Å²) in [5.41, 5.74) is 3.30. The van der Waals surface area contributed by atoms with Crippen LogP contribution in [0.2, 0.25) is 5.02 Å². The quantitative estimate of drug-likeness (QED) is 0.762. The molecule has 2 nitrogen and oxygen atoms in total. The number of halogens is 1. The molecule has 21 heavy (non-hydrogen) atoms. The SMILES string of the molecule is CCNC(c1ccccc1Cl)c1ccnc2ccccc12. The van der Waals surface area contributed by atoms with Crippen LogP contribution in [0.15, 0.2) is 60.8 Å². The van der Waals surface area contributed by atoms with E-state index in [-0.39, 0.29) is 6.04 Å². The molecule has 3 heteroatoms. The van der Waals surface area contributed by atoms with Crippen molar-refractivity contribution in [3.05, 3.63) is 76.9 Å². The zero-order valence-corrected chi connectivity index (χ0v) is 12.6. The van der Waals surface area contributed by atoms with E-state index in [1.165, 1.54) is 5.56 Å². The molecular weight excluding hydrogens is 280 g/mol. The fourth-order valence-corrected chi connectivity index (χ4v) is 2.92. The zero-order valence-electron chi connectivity index (χ0n) is 11.9. The number of rotatable bonds is 4. The van der Waals surface area contributed by atoms with Gasteiger partial charge in [-0.05, 0) is 35.9 Å². The van der Waals surface area contributed by atoms with Crippen molar-refractivity contribution in [2.75, 3.05) is 6.54 Å². The molecule has 3 aromatic rings. The van der Waals surface area contributed by atoms with Gasteiger partial charge in [-0.25, -0.2) is 0 Å². The van der Waals surface area contributed by atoms with Gasteiger partial charge in [-0.3, -0.25) is 4.98 Å². The Morgan fingerprint density at radius 1 is 1.00 bits per heavy atom. The van der Waals surface area contributed by atoms with Crippen LogP contribution in [0, 0.1) is 0 Å². The number of hydrogen-bond donors (Lipinski definition) is 1. The second-order valence-corrected chi connectivity index (χ2v) is 5.34. The van der Waals surface area contributed by atoms with E-state index in [2.05, 4.69) is 35.4 Å². The van der Waals surface area contributed by atoms with Crippen molar-refractivity contribution in [2.45, 2.75) is 13.0 Å². The van der Waals surface area contributed by atoms with Gasteiger partial charge in [0, 0.05) is 16.6 Å². The molecule has 0 radical (unpaired) electrons. The molecule has 0 aliphatic rings. The first-order chi connectivity index (χ1) is 10.3. The second kappa shape index (κ2) is 6.25. The van der Waals surface area contributed by atoms with Crippen LogP contribution in [-0.4, -0.2) is 11.5 Å². The lowest BCUT2D eigenvalue weighted by atomic mass is 9.95. The van der Waals surface area contributed by atoms with Gasteiger partial charge in [-0.15, -0.1) is 0 Å². The van der Waals surface area contributed by atoms with E-state index in [0.29, 0.717) is 0 Å². The molecule has 0 saturated heterocycles. The highest BCUT2D eigenvalue weighted by molar-refractivity contribution is 6.31. The molecule has 0 aliphatic heterocycles. The van der Waals surface area contributed by atoms with E-state index < -0.39 is 0 Å². The minimum absolute atomic E-state index is 0.0663. The van der Waals surface area contributed by atoms with Gasteiger partial charge in [0.05, 0.1) is 11.6 Å². The van der Waals surface area contributed by atoms with Crippen LogP contribution in [-0.2, 0) is 0 Å². The Hall–Kier alpha value is -1.90. The van der Waals surface area contributed by atoms with E-state index >= 15 is 0 Å². The van der Waals surface area contributed by atoms with E-state index in [0.717, 1.165) is 28.0 Å². The van der Waals surface area contributed by atoms with Crippen LogP contribution >= 0.6 is 11.6 Å². The third-order valence-corrected chi connectivity index (χ3v) is 3.96. The summed E-state index contributed by atoms with van der Waals surface area (Å²) in [6, 6.07) is 18.3. The highest BCUT2D eigenvalue weighted by Gasteiger charge is 2.18. The third kappa shape index (κ3) is 2.78. The number of fused-ring (bicyclic) bond motifs is 1. The molecule has 0 saturated carbocycles. The average Bonchev–Trinajstić information content (AvgIpc) is 2.53. The molecule has 1 heterocycles. The molecule has 1 aromatic heterocycles. The van der Waals surface area contributed by atoms with Gasteiger partial charge in [0.1, 0.15) is 0 Å². The predicted molar refractivity (Wildman–Crippen MR) is 88.7 cm³/mol. The van der Waals surface area contributed by atoms with Crippen molar-refractivity contribution >= 4 is 22.5 Å². The number of hydrogen-bond acceptors (Lipinski definition) is 2. The van der Waals surface area contributed by atoms with Gasteiger partial charge < -0.3 is 5.32 Å². The Morgan fingerprint density at radius 3 is 2.57 bits per heavy atom. The largest absolute Gasteiger partial charge is 0.306 e. The molecule has 2 aromatic carbocycles. The first-order valence-corrected chi connectivity index (χ1v) is 7.50. The molecule has 0 amide bonds. The fourth-order valence-electron chi connectivity index (χ4n) is 2.67. The van der Waals surface area contributed by atoms with Crippen LogP contribution in [0.5, 0.6) is 0 Å². The van der Waals surface area contributed by atoms with E-state index in [1.807, 2.05) is 42.6 Å². The maximum Gasteiger partial charge on any atom is 0.0705 e. The summed E-state index contributed by atoms with van der Waals surface area (Å²) in [5, 5.41) is 5.48. The summed E-state index contributed by atoms with van der Waals surface area (Å²) >= 11 is 6.40. The minimum atomic E-state index is 0.0663. The van der Waals surface area contributed by atoms with Gasteiger partial charge in [-0.1, -0.05) is 54.9 Å². The summed E-state index contributed by atoms with van der Waals surface area (Å²) in [6.45, 7) is 2.97. The van der Waals surface area contributed by atoms with E-state index in [4.69, 9.17) is 11.6 Å². The molecule has 0 fully saturated rings. The Bertz CT molecular complexity index is 750. The number of aromatic nitrogens is 1. The van der Waals surface area contributed by atoms with E-state index in [9.17, 15) is 0 Å². The molecular formula is C18H17ClN2. The first-order valence-electron chi connectivity index (χ1n) is 7.12. The standard InChI is InChI=1S/C18H17ClN2/c1-2-20-18(15-8-3-5-9-16(15)19)14-11-12-21-17-10-6-4-7-13(14)17/h3-12,18,20H,2H2,1H3. The van der Waals surface area contributed by atoms with Crippen LogP contribution in [0.3, 0.4) is 0 Å². The number of nitrogens with zero attached hydrogens (tertiary/aromatic N) is 1. The van der Waals surface area contributed by atoms with E-state index in [1.54, 1.807) is 0 Å². The van der Waals surface area contributed by atoms with Crippen LogP contribution in [0.25, 0.3) is 10.9 Å². The topological polar surface area (TPSA) is 24.9 Å². The highest BCUT2D eigenvalue weighted by Crippen LogP contribution is 2.31. The smallest absolute Gasteiger partial charge is 0.0705 e. The summed E-state index contributed by atoms with van der Waals surface area (Å²) < 4.78 is 0. The average molecular weight is 297 g/mol. The van der Waals surface area contributed by atoms with Crippen molar-refractivity contribution in [3.8, 4) is 0 Å². The predicted octanol–water partition coefficient (Wildman–Crippen LogP) is 4.59. The molecule has 0 bridgehead atoms. The number of nitrogens with one attached hydrogen (secondary N) is 1. The lowest BCUT2D eigenvalue weighted by molar-refractivity contribution is 0.634. The Morgan fingerprint density at radius 2 is 1.76 bits per heavy atom. The zero-order chi connectivity index (χ0) is 14.7. The number of para-hydroxylation sites is 1. The van der Waals surface area contributed by atoms with Crippen molar-refractivity contribution in [1.82, 2.24) is 10.3 Å². The molecule has 1 unspecified atom stereocenters. The van der Waals surface area contributed by atoms with Gasteiger partial charge in [0.25, 0.3) is 0 Å². The lowest BCUT2D eigenvalue weighted by Gasteiger charge is -2.21. The van der Waals surface area contributed by atoms with Crippen LogP contribution in [0.4, 0.5) is 0 Å². The summed E-state index contributed by atoms with van der Waals surface area (Å²) in [6.07, 6.45) is 1.86. The van der Waals surface area contributed by atoms with Crippen molar-refractivity contribution in [1.29, 1.82) is 0 Å². The van der Waals surface area contributed by atoms with Gasteiger partial charge >= 0.3 is 0 Å². The monoisotopic (exact) mass is 296 g/mol. The Labute approximate surface area is 129 Å². The molecule has 1 atom stereocenters. The molecule has 0 spiro atoms. The summed E-state index contributed by atoms with van der Waals surface area (Å²) in [5.74, 6) is 0. The van der Waals surface area contributed by atoms with Crippen molar-refractivity contribution in [3.63, 3.8) is 0 Å². The Kier molecular flexibility index (Phi) is 4.18. The minimum Gasteiger partial charge on any atom is -0.306 e. The summed E-state index contributed by atoms with van der Waals surface area (Å²) in [4.78, 5) is 4.44. The normalized spacial score (nSPS) is 12.5. The molecule has 3 rings (SSSR count). The van der Waals surface area contributed by atoms with Gasteiger partial charge in [-0.2, -0.15) is 0 Å². The van der Waals surface area contributed by atoms with Crippen molar-refractivity contribution < 1.29 is 0 Å². The van der Waals surface area contributed by atoms with Crippen molar-refractivity contribution in [2.24, 2.45) is 0 Å². The Balaban J connectivity index is 2.19. The summed E-state index contributed by atoms with van der Waals surface area (Å²) in [7, 11) is 0. The molecule has 106 valence electrons. The fraction of sp³-hybridized carbons (Fsp3) is 0.167. The molecule has 1 N–H and O–H groups in total. The lowest BCUT2D eigenvalue weighted by Crippen LogP contribution is -2.22. The molecule has 0 aliphatic carbocycles. The highest BCUT2D eigenvalue weighted by atomic mass is 35.5. The number of pyridine rings is 1. The second-order valence-electron chi connectivity index (χ2n) is 4.93. The maximum atomic E-state index is 6.40. The maximum absolute atomic E-state index is 6.40.